The number of nitrogens with zero attached hydrogens (tertiary/aromatic N) is 7. The molecular weight excluding hydrogens is 492 g/mol. The van der Waals surface area contributed by atoms with Gasteiger partial charge in [0.2, 0.25) is 0 Å². The molecule has 0 aliphatic rings. The fourth-order valence-corrected chi connectivity index (χ4v) is 5.02. The van der Waals surface area contributed by atoms with E-state index in [0.29, 0.717) is 30.1 Å². The number of unbranched alkanes of at least 4 members (excludes halogenated alkanes) is 2. The smallest absolute Gasteiger partial charge is 0.318 e. The standard InChI is InChI=1S/C29H34N8O2/c1-5-6-7-12-24-30-27-25(28(38)37(17-19(2)3)29(39)35(27)4)36(24)18-20-13-15-21(16-14-20)22-10-8-9-11-23(22)26-31-33-34-32-26/h8-11,13-16,19H,5-7,12,17-18H2,1-4H3,(H,31,32,33,34). The summed E-state index contributed by atoms with van der Waals surface area (Å²) in [6, 6.07) is 16.3. The van der Waals surface area contributed by atoms with E-state index in [0.717, 1.165) is 53.8 Å². The summed E-state index contributed by atoms with van der Waals surface area (Å²) in [7, 11) is 1.70. The molecule has 3 aromatic heterocycles. The second-order valence-electron chi connectivity index (χ2n) is 10.4. The van der Waals surface area contributed by atoms with Crippen molar-refractivity contribution < 1.29 is 0 Å². The molecule has 0 spiro atoms. The van der Waals surface area contributed by atoms with E-state index in [1.807, 2.05) is 42.7 Å². The van der Waals surface area contributed by atoms with Crippen LogP contribution in [0.2, 0.25) is 0 Å². The lowest BCUT2D eigenvalue weighted by Crippen LogP contribution is -2.40. The molecule has 0 fully saturated rings. The Morgan fingerprint density at radius 3 is 2.36 bits per heavy atom. The maximum Gasteiger partial charge on any atom is 0.332 e. The van der Waals surface area contributed by atoms with Gasteiger partial charge < -0.3 is 4.57 Å². The monoisotopic (exact) mass is 526 g/mol. The van der Waals surface area contributed by atoms with Gasteiger partial charge in [-0.15, -0.1) is 5.10 Å². The molecule has 202 valence electrons. The molecule has 10 nitrogen and oxygen atoms in total. The molecule has 39 heavy (non-hydrogen) atoms. The molecular formula is C29H34N8O2. The second-order valence-corrected chi connectivity index (χ2v) is 10.4. The number of H-pyrrole nitrogens is 1. The molecule has 10 heteroatoms. The second kappa shape index (κ2) is 11.2. The highest BCUT2D eigenvalue weighted by Gasteiger charge is 2.21. The van der Waals surface area contributed by atoms with E-state index < -0.39 is 0 Å². The predicted octanol–water partition coefficient (Wildman–Crippen LogP) is 4.18. The van der Waals surface area contributed by atoms with Crippen molar-refractivity contribution in [1.29, 1.82) is 0 Å². The Morgan fingerprint density at radius 2 is 1.69 bits per heavy atom. The summed E-state index contributed by atoms with van der Waals surface area (Å²) in [4.78, 5) is 31.5. The molecule has 0 aliphatic heterocycles. The van der Waals surface area contributed by atoms with Crippen LogP contribution in [0, 0.1) is 5.92 Å². The first kappa shape index (κ1) is 26.3. The van der Waals surface area contributed by atoms with E-state index in [-0.39, 0.29) is 17.2 Å². The SMILES string of the molecule is CCCCCc1nc2c(c(=O)n(CC(C)C)c(=O)n2C)n1Cc1ccc(-c2ccccc2-c2nnn[nH]2)cc1. The fraction of sp³-hybridized carbons (Fsp3) is 0.379. The first-order chi connectivity index (χ1) is 18.9. The first-order valence-corrected chi connectivity index (χ1v) is 13.5. The van der Waals surface area contributed by atoms with E-state index in [4.69, 9.17) is 4.98 Å². The Labute approximate surface area is 226 Å². The van der Waals surface area contributed by atoms with Crippen LogP contribution in [0.3, 0.4) is 0 Å². The Bertz CT molecular complexity index is 1690. The van der Waals surface area contributed by atoms with Crippen molar-refractivity contribution in [2.24, 2.45) is 13.0 Å². The zero-order valence-electron chi connectivity index (χ0n) is 22.9. The third-order valence-electron chi connectivity index (χ3n) is 7.00. The Morgan fingerprint density at radius 1 is 0.949 bits per heavy atom. The zero-order valence-corrected chi connectivity index (χ0v) is 22.9. The minimum atomic E-state index is -0.323. The number of tetrazole rings is 1. The van der Waals surface area contributed by atoms with E-state index in [1.165, 1.54) is 9.13 Å². The number of aromatic amines is 1. The van der Waals surface area contributed by atoms with Crippen LogP contribution in [0.1, 0.15) is 51.4 Å². The number of aryl methyl sites for hydroxylation is 2. The van der Waals surface area contributed by atoms with Crippen LogP contribution in [0.5, 0.6) is 0 Å². The van der Waals surface area contributed by atoms with Gasteiger partial charge in [0.25, 0.3) is 5.56 Å². The van der Waals surface area contributed by atoms with Gasteiger partial charge in [-0.1, -0.05) is 82.1 Å². The lowest BCUT2D eigenvalue weighted by Gasteiger charge is -2.13. The average molecular weight is 527 g/mol. The summed E-state index contributed by atoms with van der Waals surface area (Å²) in [5, 5.41) is 14.3. The molecule has 0 bridgehead atoms. The van der Waals surface area contributed by atoms with Crippen LogP contribution in [0.15, 0.2) is 58.1 Å². The highest BCUT2D eigenvalue weighted by molar-refractivity contribution is 5.80. The van der Waals surface area contributed by atoms with Crippen LogP contribution in [-0.4, -0.2) is 39.3 Å². The lowest BCUT2D eigenvalue weighted by atomic mass is 9.98. The molecule has 2 aromatic carbocycles. The summed E-state index contributed by atoms with van der Waals surface area (Å²) >= 11 is 0. The first-order valence-electron chi connectivity index (χ1n) is 13.5. The van der Waals surface area contributed by atoms with Crippen LogP contribution in [0.25, 0.3) is 33.7 Å². The molecule has 0 atom stereocenters. The van der Waals surface area contributed by atoms with Gasteiger partial charge in [0.15, 0.2) is 17.0 Å². The number of fused-ring (bicyclic) bond motifs is 1. The average Bonchev–Trinajstić information content (AvgIpc) is 3.60. The summed E-state index contributed by atoms with van der Waals surface area (Å²) in [5.41, 5.74) is 4.34. The maximum absolute atomic E-state index is 13.7. The van der Waals surface area contributed by atoms with Crippen molar-refractivity contribution in [3.8, 4) is 22.5 Å². The van der Waals surface area contributed by atoms with Crippen LogP contribution < -0.4 is 11.2 Å². The minimum absolute atomic E-state index is 0.163. The number of aromatic nitrogens is 8. The lowest BCUT2D eigenvalue weighted by molar-refractivity contribution is 0.484. The van der Waals surface area contributed by atoms with E-state index in [9.17, 15) is 9.59 Å². The molecule has 0 saturated carbocycles. The number of rotatable bonds is 10. The molecule has 0 amide bonds. The number of hydrogen-bond acceptors (Lipinski definition) is 6. The van der Waals surface area contributed by atoms with E-state index in [2.05, 4.69) is 51.8 Å². The number of hydrogen-bond donors (Lipinski definition) is 1. The molecule has 1 N–H and O–H groups in total. The van der Waals surface area contributed by atoms with Crippen molar-refractivity contribution in [2.45, 2.75) is 59.5 Å². The van der Waals surface area contributed by atoms with Gasteiger partial charge in [0.1, 0.15) is 5.82 Å². The highest BCUT2D eigenvalue weighted by atomic mass is 16.2. The van der Waals surface area contributed by atoms with Gasteiger partial charge in [-0.25, -0.2) is 14.9 Å². The summed E-state index contributed by atoms with van der Waals surface area (Å²) in [6.45, 7) is 7.02. The van der Waals surface area contributed by atoms with Crippen LogP contribution >= 0.6 is 0 Å². The molecule has 3 heterocycles. The maximum atomic E-state index is 13.7. The predicted molar refractivity (Wildman–Crippen MR) is 151 cm³/mol. The van der Waals surface area contributed by atoms with Gasteiger partial charge in [-0.2, -0.15) is 0 Å². The Hall–Kier alpha value is -4.34. The van der Waals surface area contributed by atoms with Crippen molar-refractivity contribution in [2.75, 3.05) is 0 Å². The van der Waals surface area contributed by atoms with Gasteiger partial charge in [0.05, 0.1) is 0 Å². The topological polar surface area (TPSA) is 116 Å². The Kier molecular flexibility index (Phi) is 7.53. The van der Waals surface area contributed by atoms with Gasteiger partial charge in [-0.3, -0.25) is 13.9 Å². The number of nitrogens with one attached hydrogen (secondary N) is 1. The fourth-order valence-electron chi connectivity index (χ4n) is 5.02. The molecule has 5 rings (SSSR count). The van der Waals surface area contributed by atoms with Crippen LogP contribution in [-0.2, 0) is 26.6 Å². The zero-order chi connectivity index (χ0) is 27.5. The van der Waals surface area contributed by atoms with E-state index in [1.54, 1.807) is 7.05 Å². The van der Waals surface area contributed by atoms with Crippen molar-refractivity contribution in [3.63, 3.8) is 0 Å². The minimum Gasteiger partial charge on any atom is -0.318 e. The Balaban J connectivity index is 1.56. The molecule has 0 saturated heterocycles. The van der Waals surface area contributed by atoms with Gasteiger partial charge in [0, 0.05) is 32.1 Å². The molecule has 0 unspecified atom stereocenters. The number of benzene rings is 2. The normalized spacial score (nSPS) is 11.6. The quantitative estimate of drug-likeness (QED) is 0.273. The molecule has 0 aliphatic carbocycles. The van der Waals surface area contributed by atoms with Crippen LogP contribution in [0.4, 0.5) is 0 Å². The summed E-state index contributed by atoms with van der Waals surface area (Å²) in [6.07, 6.45) is 3.89. The number of imidazole rings is 1. The van der Waals surface area contributed by atoms with Gasteiger partial charge in [-0.05, 0) is 39.5 Å². The largest absolute Gasteiger partial charge is 0.332 e. The van der Waals surface area contributed by atoms with Crippen molar-refractivity contribution in [3.05, 3.63) is 80.8 Å². The van der Waals surface area contributed by atoms with Crippen molar-refractivity contribution in [1.82, 2.24) is 39.3 Å². The van der Waals surface area contributed by atoms with E-state index >= 15 is 0 Å². The van der Waals surface area contributed by atoms with Gasteiger partial charge >= 0.3 is 5.69 Å². The molecule has 5 aromatic rings. The van der Waals surface area contributed by atoms with Crippen molar-refractivity contribution >= 4 is 11.2 Å². The summed E-state index contributed by atoms with van der Waals surface area (Å²) < 4.78 is 4.86. The highest BCUT2D eigenvalue weighted by Crippen LogP contribution is 2.30. The third kappa shape index (κ3) is 5.19. The molecule has 0 radical (unpaired) electrons. The third-order valence-corrected chi connectivity index (χ3v) is 7.00. The summed E-state index contributed by atoms with van der Waals surface area (Å²) in [5.74, 6) is 1.61.